The van der Waals surface area contributed by atoms with Gasteiger partial charge in [0.05, 0.1) is 18.2 Å². The molecule has 15 heavy (non-hydrogen) atoms. The number of rotatable bonds is 1. The summed E-state index contributed by atoms with van der Waals surface area (Å²) in [7, 11) is 1.31. The lowest BCUT2D eigenvalue weighted by Crippen LogP contribution is -2.01. The normalized spacial score (nSPS) is 10.5. The fourth-order valence-electron chi connectivity index (χ4n) is 1.31. The van der Waals surface area contributed by atoms with E-state index in [2.05, 4.69) is 9.72 Å². The number of hydrogen-bond donors (Lipinski definition) is 2. The largest absolute Gasteiger partial charge is 0.465 e. The van der Waals surface area contributed by atoms with Gasteiger partial charge >= 0.3 is 5.97 Å². The summed E-state index contributed by atoms with van der Waals surface area (Å²) < 4.78 is 4.61. The van der Waals surface area contributed by atoms with Crippen molar-refractivity contribution in [2.45, 2.75) is 0 Å². The van der Waals surface area contributed by atoms with Gasteiger partial charge in [0.1, 0.15) is 9.71 Å². The van der Waals surface area contributed by atoms with Gasteiger partial charge in [0.2, 0.25) is 0 Å². The summed E-state index contributed by atoms with van der Waals surface area (Å²) in [6.45, 7) is 0. The summed E-state index contributed by atoms with van der Waals surface area (Å²) in [5.41, 5.74) is 12.4. The standard InChI is InChI=1S/C9H9N3O2S/c1-14-9(13)7-6(11)5-4(10)2-3-12-8(5)15-7/h2-3H,11H2,1H3,(H2,10,12). The molecule has 0 aliphatic carbocycles. The molecule has 0 aromatic carbocycles. The zero-order valence-electron chi connectivity index (χ0n) is 7.98. The Morgan fingerprint density at radius 1 is 1.53 bits per heavy atom. The number of pyridine rings is 1. The van der Waals surface area contributed by atoms with Crippen molar-refractivity contribution >= 4 is 38.9 Å². The highest BCUT2D eigenvalue weighted by molar-refractivity contribution is 7.21. The maximum absolute atomic E-state index is 11.4. The molecule has 0 fully saturated rings. The Morgan fingerprint density at radius 2 is 2.27 bits per heavy atom. The minimum Gasteiger partial charge on any atom is -0.465 e. The highest BCUT2D eigenvalue weighted by Crippen LogP contribution is 2.35. The van der Waals surface area contributed by atoms with Crippen molar-refractivity contribution in [2.24, 2.45) is 0 Å². The van der Waals surface area contributed by atoms with Gasteiger partial charge in [-0.15, -0.1) is 11.3 Å². The molecular formula is C9H9N3O2S. The van der Waals surface area contributed by atoms with Crippen LogP contribution in [0.1, 0.15) is 9.67 Å². The first-order valence-corrected chi connectivity index (χ1v) is 4.97. The summed E-state index contributed by atoms with van der Waals surface area (Å²) >= 11 is 1.18. The predicted octanol–water partition coefficient (Wildman–Crippen LogP) is 1.25. The molecule has 0 saturated heterocycles. The van der Waals surface area contributed by atoms with Crippen LogP contribution in [0.4, 0.5) is 11.4 Å². The van der Waals surface area contributed by atoms with Gasteiger partial charge in [-0.1, -0.05) is 0 Å². The number of thiophene rings is 1. The van der Waals surface area contributed by atoms with Crippen molar-refractivity contribution in [1.82, 2.24) is 4.98 Å². The lowest BCUT2D eigenvalue weighted by atomic mass is 10.2. The number of nitrogens with zero attached hydrogens (tertiary/aromatic N) is 1. The summed E-state index contributed by atoms with van der Waals surface area (Å²) in [4.78, 5) is 16.4. The molecule has 78 valence electrons. The number of anilines is 2. The molecule has 5 nitrogen and oxygen atoms in total. The van der Waals surface area contributed by atoms with Crippen LogP contribution in [0.25, 0.3) is 10.2 Å². The summed E-state index contributed by atoms with van der Waals surface area (Å²) in [5, 5.41) is 0.628. The molecule has 0 radical (unpaired) electrons. The number of carbonyl (C=O) groups is 1. The van der Waals surface area contributed by atoms with E-state index in [0.29, 0.717) is 26.5 Å². The minimum atomic E-state index is -0.463. The molecule has 0 amide bonds. The Labute approximate surface area is 89.7 Å². The first-order chi connectivity index (χ1) is 7.15. The monoisotopic (exact) mass is 223 g/mol. The third kappa shape index (κ3) is 1.39. The van der Waals surface area contributed by atoms with Crippen molar-refractivity contribution in [3.63, 3.8) is 0 Å². The molecule has 0 saturated carbocycles. The van der Waals surface area contributed by atoms with Crippen LogP contribution >= 0.6 is 11.3 Å². The van der Waals surface area contributed by atoms with Crippen molar-refractivity contribution in [3.05, 3.63) is 17.1 Å². The first-order valence-electron chi connectivity index (χ1n) is 4.16. The zero-order chi connectivity index (χ0) is 11.0. The second-order valence-corrected chi connectivity index (χ2v) is 3.92. The van der Waals surface area contributed by atoms with Gasteiger partial charge in [-0.3, -0.25) is 0 Å². The highest BCUT2D eigenvalue weighted by Gasteiger charge is 2.18. The predicted molar refractivity (Wildman–Crippen MR) is 59.8 cm³/mol. The molecule has 6 heteroatoms. The third-order valence-electron chi connectivity index (χ3n) is 2.03. The molecule has 0 unspecified atom stereocenters. The van der Waals surface area contributed by atoms with E-state index < -0.39 is 5.97 Å². The summed E-state index contributed by atoms with van der Waals surface area (Å²) in [5.74, 6) is -0.463. The molecule has 0 bridgehead atoms. The maximum atomic E-state index is 11.4. The molecule has 2 heterocycles. The van der Waals surface area contributed by atoms with Crippen molar-refractivity contribution in [2.75, 3.05) is 18.6 Å². The average molecular weight is 223 g/mol. The number of aromatic nitrogens is 1. The highest BCUT2D eigenvalue weighted by atomic mass is 32.1. The Bertz CT molecular complexity index is 535. The average Bonchev–Trinajstić information content (AvgIpc) is 2.56. The number of nitrogens with two attached hydrogens (primary N) is 2. The lowest BCUT2D eigenvalue weighted by Gasteiger charge is -1.97. The van der Waals surface area contributed by atoms with Gasteiger partial charge in [0.15, 0.2) is 0 Å². The number of esters is 1. The van der Waals surface area contributed by atoms with Gasteiger partial charge in [-0.25, -0.2) is 9.78 Å². The summed E-state index contributed by atoms with van der Waals surface area (Å²) in [6.07, 6.45) is 1.58. The number of fused-ring (bicyclic) bond motifs is 1. The van der Waals surface area contributed by atoms with E-state index in [1.807, 2.05) is 0 Å². The Kier molecular flexibility index (Phi) is 2.20. The quantitative estimate of drug-likeness (QED) is 0.710. The molecule has 2 rings (SSSR count). The van der Waals surface area contributed by atoms with Crippen LogP contribution in [-0.2, 0) is 4.74 Å². The zero-order valence-corrected chi connectivity index (χ0v) is 8.80. The molecule has 0 spiro atoms. The van der Waals surface area contributed by atoms with Gasteiger partial charge in [-0.05, 0) is 6.07 Å². The van der Waals surface area contributed by atoms with Gasteiger partial charge in [-0.2, -0.15) is 0 Å². The number of ether oxygens (including phenoxy) is 1. The van der Waals surface area contributed by atoms with Gasteiger partial charge in [0, 0.05) is 11.9 Å². The third-order valence-corrected chi connectivity index (χ3v) is 3.13. The second kappa shape index (κ2) is 3.39. The molecule has 2 aromatic heterocycles. The van der Waals surface area contributed by atoms with Gasteiger partial charge in [0.25, 0.3) is 0 Å². The lowest BCUT2D eigenvalue weighted by molar-refractivity contribution is 0.0607. The molecular weight excluding hydrogens is 214 g/mol. The van der Waals surface area contributed by atoms with Crippen LogP contribution in [0.5, 0.6) is 0 Å². The Hall–Kier alpha value is -1.82. The van der Waals surface area contributed by atoms with Crippen LogP contribution in [0, 0.1) is 0 Å². The SMILES string of the molecule is COC(=O)c1sc2nccc(N)c2c1N. The Morgan fingerprint density at radius 3 is 2.87 bits per heavy atom. The van der Waals surface area contributed by atoms with Crippen LogP contribution in [-0.4, -0.2) is 18.1 Å². The molecule has 0 aliphatic heterocycles. The topological polar surface area (TPSA) is 91.2 Å². The molecule has 2 aromatic rings. The van der Waals surface area contributed by atoms with Crippen molar-refractivity contribution in [1.29, 1.82) is 0 Å². The maximum Gasteiger partial charge on any atom is 0.350 e. The van der Waals surface area contributed by atoms with Crippen molar-refractivity contribution in [3.8, 4) is 0 Å². The van der Waals surface area contributed by atoms with E-state index >= 15 is 0 Å². The van der Waals surface area contributed by atoms with Crippen molar-refractivity contribution < 1.29 is 9.53 Å². The molecule has 4 N–H and O–H groups in total. The van der Waals surface area contributed by atoms with Gasteiger partial charge < -0.3 is 16.2 Å². The van der Waals surface area contributed by atoms with E-state index in [4.69, 9.17) is 11.5 Å². The Balaban J connectivity index is 2.75. The molecule has 0 aliphatic rings. The molecule has 0 atom stereocenters. The van der Waals surface area contributed by atoms with E-state index in [-0.39, 0.29) is 0 Å². The van der Waals surface area contributed by atoms with E-state index in [0.717, 1.165) is 0 Å². The summed E-state index contributed by atoms with van der Waals surface area (Å²) in [6, 6.07) is 1.65. The first kappa shape index (κ1) is 9.72. The number of hydrogen-bond acceptors (Lipinski definition) is 6. The fraction of sp³-hybridized carbons (Fsp3) is 0.111. The van der Waals surface area contributed by atoms with Crippen LogP contribution in [0.2, 0.25) is 0 Å². The number of carbonyl (C=O) groups excluding carboxylic acids is 1. The van der Waals surface area contributed by atoms with Crippen LogP contribution < -0.4 is 11.5 Å². The van der Waals surface area contributed by atoms with E-state index in [9.17, 15) is 4.79 Å². The fourth-order valence-corrected chi connectivity index (χ4v) is 2.33. The van der Waals surface area contributed by atoms with E-state index in [1.54, 1.807) is 12.3 Å². The second-order valence-electron chi connectivity index (χ2n) is 2.92. The van der Waals surface area contributed by atoms with Crippen LogP contribution in [0.15, 0.2) is 12.3 Å². The smallest absolute Gasteiger partial charge is 0.350 e. The van der Waals surface area contributed by atoms with E-state index in [1.165, 1.54) is 18.4 Å². The minimum absolute atomic E-state index is 0.340. The number of methoxy groups -OCH3 is 1. The number of nitrogen functional groups attached to an aromatic ring is 2. The van der Waals surface area contributed by atoms with Crippen LogP contribution in [0.3, 0.4) is 0 Å².